The quantitative estimate of drug-likeness (QED) is 0.655. The van der Waals surface area contributed by atoms with Crippen molar-refractivity contribution < 1.29 is 4.79 Å². The lowest BCUT2D eigenvalue weighted by Gasteiger charge is -2.34. The summed E-state index contributed by atoms with van der Waals surface area (Å²) in [7, 11) is 0. The number of carbonyl (C=O) groups excluding carboxylic acids is 1. The highest BCUT2D eigenvalue weighted by molar-refractivity contribution is 5.76. The maximum atomic E-state index is 11.6. The average Bonchev–Trinajstić information content (AvgIpc) is 2.06. The van der Waals surface area contributed by atoms with Crippen LogP contribution in [0, 0.1) is 5.41 Å². The van der Waals surface area contributed by atoms with Crippen LogP contribution in [0.5, 0.6) is 0 Å². The van der Waals surface area contributed by atoms with Gasteiger partial charge < -0.3 is 10.2 Å². The van der Waals surface area contributed by atoms with Crippen LogP contribution < -0.4 is 5.32 Å². The number of amides is 1. The Hall–Kier alpha value is -0.570. The van der Waals surface area contributed by atoms with E-state index >= 15 is 0 Å². The van der Waals surface area contributed by atoms with Crippen LogP contribution in [0.1, 0.15) is 27.2 Å². The van der Waals surface area contributed by atoms with E-state index in [0.29, 0.717) is 6.42 Å². The Labute approximate surface area is 80.5 Å². The second kappa shape index (κ2) is 4.09. The number of carbonyl (C=O) groups is 1. The van der Waals surface area contributed by atoms with Crippen molar-refractivity contribution in [3.8, 4) is 0 Å². The summed E-state index contributed by atoms with van der Waals surface area (Å²) >= 11 is 0. The molecule has 76 valence electrons. The van der Waals surface area contributed by atoms with Gasteiger partial charge in [-0.2, -0.15) is 0 Å². The maximum Gasteiger partial charge on any atom is 0.223 e. The van der Waals surface area contributed by atoms with Gasteiger partial charge in [0.1, 0.15) is 0 Å². The molecule has 0 aromatic carbocycles. The summed E-state index contributed by atoms with van der Waals surface area (Å²) in [6, 6.07) is 0. The first-order valence-electron chi connectivity index (χ1n) is 5.04. The molecule has 0 atom stereocenters. The van der Waals surface area contributed by atoms with Gasteiger partial charge in [0.05, 0.1) is 0 Å². The van der Waals surface area contributed by atoms with Crippen molar-refractivity contribution in [1.82, 2.24) is 10.2 Å². The van der Waals surface area contributed by atoms with Crippen LogP contribution >= 0.6 is 0 Å². The molecule has 1 heterocycles. The van der Waals surface area contributed by atoms with Gasteiger partial charge in [-0.05, 0) is 12.3 Å². The minimum absolute atomic E-state index is 0.200. The lowest BCUT2D eigenvalue weighted by Crippen LogP contribution is -2.46. The lowest BCUT2D eigenvalue weighted by atomic mass is 9.91. The third-order valence-corrected chi connectivity index (χ3v) is 2.47. The van der Waals surface area contributed by atoms with Gasteiger partial charge in [0.2, 0.25) is 5.91 Å². The molecule has 1 saturated heterocycles. The molecule has 3 heteroatoms. The zero-order valence-electron chi connectivity index (χ0n) is 8.89. The first kappa shape index (κ1) is 10.5. The van der Waals surface area contributed by atoms with E-state index in [9.17, 15) is 4.79 Å². The van der Waals surface area contributed by atoms with Crippen LogP contribution in [-0.4, -0.2) is 37.0 Å². The molecule has 0 saturated carbocycles. The van der Waals surface area contributed by atoms with Crippen molar-refractivity contribution in [2.24, 2.45) is 5.41 Å². The SMILES string of the molecule is CCN1CC(C)(C)CNCCC1=O. The minimum atomic E-state index is 0.200. The van der Waals surface area contributed by atoms with Crippen molar-refractivity contribution in [2.45, 2.75) is 27.2 Å². The molecule has 0 radical (unpaired) electrons. The lowest BCUT2D eigenvalue weighted by molar-refractivity contribution is -0.132. The molecule has 0 aliphatic carbocycles. The average molecular weight is 184 g/mol. The van der Waals surface area contributed by atoms with Crippen LogP contribution in [0.15, 0.2) is 0 Å². The van der Waals surface area contributed by atoms with E-state index in [-0.39, 0.29) is 11.3 Å². The van der Waals surface area contributed by atoms with Crippen LogP contribution in [0.2, 0.25) is 0 Å². The Morgan fingerprint density at radius 2 is 2.23 bits per heavy atom. The highest BCUT2D eigenvalue weighted by atomic mass is 16.2. The summed E-state index contributed by atoms with van der Waals surface area (Å²) in [4.78, 5) is 13.5. The zero-order valence-corrected chi connectivity index (χ0v) is 8.89. The molecule has 0 aromatic heterocycles. The van der Waals surface area contributed by atoms with Gasteiger partial charge in [0.25, 0.3) is 0 Å². The maximum absolute atomic E-state index is 11.6. The monoisotopic (exact) mass is 184 g/mol. The molecule has 0 aromatic rings. The van der Waals surface area contributed by atoms with Crippen molar-refractivity contribution >= 4 is 5.91 Å². The van der Waals surface area contributed by atoms with Crippen LogP contribution in [-0.2, 0) is 4.79 Å². The highest BCUT2D eigenvalue weighted by Crippen LogP contribution is 2.17. The Morgan fingerprint density at radius 1 is 1.54 bits per heavy atom. The first-order chi connectivity index (χ1) is 6.05. The summed E-state index contributed by atoms with van der Waals surface area (Å²) in [6.45, 7) is 9.96. The van der Waals surface area contributed by atoms with Crippen LogP contribution in [0.25, 0.3) is 0 Å². The Morgan fingerprint density at radius 3 is 2.85 bits per heavy atom. The molecule has 0 spiro atoms. The Kier molecular flexibility index (Phi) is 3.31. The van der Waals surface area contributed by atoms with E-state index < -0.39 is 0 Å². The molecule has 0 unspecified atom stereocenters. The number of nitrogens with one attached hydrogen (secondary N) is 1. The third-order valence-electron chi connectivity index (χ3n) is 2.47. The minimum Gasteiger partial charge on any atom is -0.342 e. The van der Waals surface area contributed by atoms with Gasteiger partial charge in [-0.3, -0.25) is 4.79 Å². The number of hydrogen-bond donors (Lipinski definition) is 1. The molecule has 1 aliphatic heterocycles. The van der Waals surface area contributed by atoms with E-state index in [1.807, 2.05) is 11.8 Å². The normalized spacial score (nSPS) is 23.9. The molecular formula is C10H20N2O. The van der Waals surface area contributed by atoms with Gasteiger partial charge in [-0.25, -0.2) is 0 Å². The smallest absolute Gasteiger partial charge is 0.223 e. The zero-order chi connectivity index (χ0) is 9.90. The summed E-state index contributed by atoms with van der Waals surface area (Å²) in [5, 5.41) is 3.31. The fraction of sp³-hybridized carbons (Fsp3) is 0.900. The number of rotatable bonds is 1. The number of nitrogens with zero attached hydrogens (tertiary/aromatic N) is 1. The molecule has 3 nitrogen and oxygen atoms in total. The van der Waals surface area contributed by atoms with Crippen molar-refractivity contribution in [3.63, 3.8) is 0 Å². The van der Waals surface area contributed by atoms with Crippen molar-refractivity contribution in [3.05, 3.63) is 0 Å². The fourth-order valence-electron chi connectivity index (χ4n) is 1.73. The topological polar surface area (TPSA) is 32.3 Å². The Bertz CT molecular complexity index is 189. The molecule has 0 bridgehead atoms. The molecule has 1 amide bonds. The van der Waals surface area contributed by atoms with Gasteiger partial charge in [0, 0.05) is 32.6 Å². The largest absolute Gasteiger partial charge is 0.342 e. The predicted molar refractivity (Wildman–Crippen MR) is 53.5 cm³/mol. The molecule has 1 aliphatic rings. The van der Waals surface area contributed by atoms with Crippen molar-refractivity contribution in [2.75, 3.05) is 26.2 Å². The third kappa shape index (κ3) is 2.99. The molecule has 1 rings (SSSR count). The molecular weight excluding hydrogens is 164 g/mol. The van der Waals surface area contributed by atoms with Crippen LogP contribution in [0.3, 0.4) is 0 Å². The summed E-state index contributed by atoms with van der Waals surface area (Å²) in [5.41, 5.74) is 0.200. The molecule has 1 fully saturated rings. The summed E-state index contributed by atoms with van der Waals surface area (Å²) < 4.78 is 0. The first-order valence-corrected chi connectivity index (χ1v) is 5.04. The van der Waals surface area contributed by atoms with E-state index in [1.54, 1.807) is 0 Å². The number of hydrogen-bond acceptors (Lipinski definition) is 2. The molecule has 1 N–H and O–H groups in total. The highest BCUT2D eigenvalue weighted by Gasteiger charge is 2.25. The van der Waals surface area contributed by atoms with Gasteiger partial charge >= 0.3 is 0 Å². The van der Waals surface area contributed by atoms with E-state index in [4.69, 9.17) is 0 Å². The summed E-state index contributed by atoms with van der Waals surface area (Å²) in [5.74, 6) is 0.280. The van der Waals surface area contributed by atoms with Crippen LogP contribution in [0.4, 0.5) is 0 Å². The van der Waals surface area contributed by atoms with E-state index in [1.165, 1.54) is 0 Å². The predicted octanol–water partition coefficient (Wildman–Crippen LogP) is 0.854. The van der Waals surface area contributed by atoms with Gasteiger partial charge in [0.15, 0.2) is 0 Å². The molecule has 13 heavy (non-hydrogen) atoms. The summed E-state index contributed by atoms with van der Waals surface area (Å²) in [6.07, 6.45) is 0.643. The Balaban J connectivity index is 2.63. The van der Waals surface area contributed by atoms with E-state index in [0.717, 1.165) is 26.2 Å². The second-order valence-corrected chi connectivity index (χ2v) is 4.50. The standard InChI is InChI=1S/C10H20N2O/c1-4-12-8-10(2,3)7-11-6-5-9(12)13/h11H,4-8H2,1-3H3. The fourth-order valence-corrected chi connectivity index (χ4v) is 1.73. The van der Waals surface area contributed by atoms with E-state index in [2.05, 4.69) is 19.2 Å². The van der Waals surface area contributed by atoms with Crippen molar-refractivity contribution in [1.29, 1.82) is 0 Å². The van der Waals surface area contributed by atoms with Gasteiger partial charge in [-0.15, -0.1) is 0 Å². The second-order valence-electron chi connectivity index (χ2n) is 4.50. The van der Waals surface area contributed by atoms with Gasteiger partial charge in [-0.1, -0.05) is 13.8 Å².